The number of amides is 1. The van der Waals surface area contributed by atoms with Gasteiger partial charge < -0.3 is 14.5 Å². The van der Waals surface area contributed by atoms with Crippen LogP contribution in [-0.2, 0) is 11.3 Å². The minimum Gasteiger partial charge on any atom is -0.543 e. The van der Waals surface area contributed by atoms with Gasteiger partial charge in [-0.05, 0) is 56.6 Å². The third kappa shape index (κ3) is 6.65. The lowest BCUT2D eigenvalue weighted by atomic mass is 10.2. The highest BCUT2D eigenvalue weighted by atomic mass is 28.4. The van der Waals surface area contributed by atoms with Crippen LogP contribution in [0.1, 0.15) is 47.1 Å². The molecule has 0 unspecified atom stereocenters. The summed E-state index contributed by atoms with van der Waals surface area (Å²) >= 11 is 0. The van der Waals surface area contributed by atoms with Crippen LogP contribution in [-0.4, -0.2) is 20.0 Å². The molecular formula is C18H31NO3Si. The molecule has 0 atom stereocenters. The van der Waals surface area contributed by atoms with Crippen molar-refractivity contribution in [3.05, 3.63) is 29.8 Å². The van der Waals surface area contributed by atoms with E-state index in [1.54, 1.807) is 0 Å². The molecule has 1 amide bonds. The van der Waals surface area contributed by atoms with Crippen molar-refractivity contribution in [3.8, 4) is 5.75 Å². The van der Waals surface area contributed by atoms with Crippen LogP contribution >= 0.6 is 0 Å². The summed E-state index contributed by atoms with van der Waals surface area (Å²) in [4.78, 5) is 11.7. The topological polar surface area (TPSA) is 47.6 Å². The normalized spacial score (nSPS) is 12.7. The molecule has 23 heavy (non-hydrogen) atoms. The second-order valence-electron chi connectivity index (χ2n) is 8.37. The summed E-state index contributed by atoms with van der Waals surface area (Å²) in [7, 11) is -1.86. The van der Waals surface area contributed by atoms with E-state index in [0.717, 1.165) is 11.3 Å². The van der Waals surface area contributed by atoms with Gasteiger partial charge in [0.2, 0.25) is 8.32 Å². The van der Waals surface area contributed by atoms with Crippen LogP contribution in [0, 0.1) is 0 Å². The molecule has 4 nitrogen and oxygen atoms in total. The lowest BCUT2D eigenvalue weighted by Gasteiger charge is -2.36. The second-order valence-corrected chi connectivity index (χ2v) is 13.1. The summed E-state index contributed by atoms with van der Waals surface area (Å²) in [5.41, 5.74) is 0.504. The number of hydrogen-bond donors (Lipinski definition) is 1. The molecule has 1 rings (SSSR count). The maximum Gasteiger partial charge on any atom is 0.407 e. The van der Waals surface area contributed by atoms with Gasteiger partial charge in [0, 0.05) is 6.54 Å². The molecule has 0 radical (unpaired) electrons. The second kappa shape index (κ2) is 6.95. The minimum absolute atomic E-state index is 0.151. The van der Waals surface area contributed by atoms with Crippen molar-refractivity contribution in [1.29, 1.82) is 0 Å². The fourth-order valence-electron chi connectivity index (χ4n) is 1.66. The molecule has 0 aliphatic carbocycles. The number of carbonyl (C=O) groups excluding carboxylic acids is 1. The fraction of sp³-hybridized carbons (Fsp3) is 0.611. The zero-order valence-electron chi connectivity index (χ0n) is 15.7. The lowest BCUT2D eigenvalue weighted by molar-refractivity contribution is 0.0523. The Labute approximate surface area is 141 Å². The van der Waals surface area contributed by atoms with E-state index in [2.05, 4.69) is 39.2 Å². The third-order valence-electron chi connectivity index (χ3n) is 3.91. The Bertz CT molecular complexity index is 542. The molecule has 0 spiro atoms. The number of benzene rings is 1. The molecule has 0 aromatic heterocycles. The van der Waals surface area contributed by atoms with Crippen LogP contribution in [0.25, 0.3) is 0 Å². The van der Waals surface area contributed by atoms with E-state index < -0.39 is 20.0 Å². The molecule has 0 aliphatic rings. The summed E-state index contributed by atoms with van der Waals surface area (Å²) in [5.74, 6) is 0.861. The Morgan fingerprint density at radius 2 is 1.74 bits per heavy atom. The van der Waals surface area contributed by atoms with Gasteiger partial charge in [-0.15, -0.1) is 0 Å². The average molecular weight is 338 g/mol. The van der Waals surface area contributed by atoms with Gasteiger partial charge in [-0.3, -0.25) is 0 Å². The fourth-order valence-corrected chi connectivity index (χ4v) is 2.68. The molecule has 5 heteroatoms. The van der Waals surface area contributed by atoms with Crippen LogP contribution in [0.3, 0.4) is 0 Å². The molecule has 0 heterocycles. The lowest BCUT2D eigenvalue weighted by Crippen LogP contribution is -2.43. The number of alkyl carbamates (subject to hydrolysis) is 1. The van der Waals surface area contributed by atoms with Gasteiger partial charge >= 0.3 is 6.09 Å². The van der Waals surface area contributed by atoms with E-state index in [0.29, 0.717) is 6.54 Å². The highest BCUT2D eigenvalue weighted by Crippen LogP contribution is 2.37. The van der Waals surface area contributed by atoms with Gasteiger partial charge in [0.25, 0.3) is 0 Å². The first-order valence-corrected chi connectivity index (χ1v) is 11.0. The van der Waals surface area contributed by atoms with Crippen molar-refractivity contribution in [2.45, 2.75) is 71.8 Å². The highest BCUT2D eigenvalue weighted by molar-refractivity contribution is 6.74. The minimum atomic E-state index is -1.86. The molecule has 1 N–H and O–H groups in total. The smallest absolute Gasteiger partial charge is 0.407 e. The molecule has 0 saturated heterocycles. The van der Waals surface area contributed by atoms with Crippen molar-refractivity contribution in [3.63, 3.8) is 0 Å². The number of rotatable bonds is 4. The molecule has 1 aromatic carbocycles. The first kappa shape index (κ1) is 19.6. The van der Waals surface area contributed by atoms with Gasteiger partial charge in [-0.1, -0.05) is 32.9 Å². The van der Waals surface area contributed by atoms with Crippen molar-refractivity contribution >= 4 is 14.4 Å². The summed E-state index contributed by atoms with van der Waals surface area (Å²) in [5, 5.41) is 2.92. The largest absolute Gasteiger partial charge is 0.543 e. The monoisotopic (exact) mass is 337 g/mol. The SMILES string of the molecule is CC(C)(C)OC(=O)NCc1cccc(O[Si](C)(C)C(C)(C)C)c1. The first-order chi connectivity index (χ1) is 10.3. The van der Waals surface area contributed by atoms with Gasteiger partial charge in [0.1, 0.15) is 11.4 Å². The maximum absolute atomic E-state index is 11.7. The van der Waals surface area contributed by atoms with Crippen LogP contribution in [0.15, 0.2) is 24.3 Å². The molecular weight excluding hydrogens is 306 g/mol. The molecule has 0 fully saturated rings. The van der Waals surface area contributed by atoms with E-state index in [1.807, 2.05) is 45.0 Å². The Morgan fingerprint density at radius 1 is 1.13 bits per heavy atom. The van der Waals surface area contributed by atoms with Crippen molar-refractivity contribution in [1.82, 2.24) is 5.32 Å². The summed E-state index contributed by atoms with van der Waals surface area (Å²) in [6.07, 6.45) is -0.409. The van der Waals surface area contributed by atoms with Crippen LogP contribution in [0.5, 0.6) is 5.75 Å². The summed E-state index contributed by atoms with van der Waals surface area (Å²) in [6, 6.07) is 7.87. The van der Waals surface area contributed by atoms with Crippen LogP contribution < -0.4 is 9.74 Å². The summed E-state index contributed by atoms with van der Waals surface area (Å²) in [6.45, 7) is 17.1. The number of ether oxygens (including phenoxy) is 1. The van der Waals surface area contributed by atoms with Crippen molar-refractivity contribution < 1.29 is 14.0 Å². The van der Waals surface area contributed by atoms with Crippen LogP contribution in [0.4, 0.5) is 4.79 Å². The van der Waals surface area contributed by atoms with Crippen LogP contribution in [0.2, 0.25) is 18.1 Å². The number of hydrogen-bond acceptors (Lipinski definition) is 3. The van der Waals surface area contributed by atoms with E-state index in [4.69, 9.17) is 9.16 Å². The quantitative estimate of drug-likeness (QED) is 0.778. The zero-order valence-corrected chi connectivity index (χ0v) is 16.7. The zero-order chi connectivity index (χ0) is 17.9. The standard InChI is InChI=1S/C18H31NO3Si/c1-17(2,3)21-16(20)19-13-14-10-9-11-15(12-14)22-23(7,8)18(4,5)6/h9-12H,13H2,1-8H3,(H,19,20). The summed E-state index contributed by atoms with van der Waals surface area (Å²) < 4.78 is 11.5. The Hall–Kier alpha value is -1.49. The predicted octanol–water partition coefficient (Wildman–Crippen LogP) is 5.10. The van der Waals surface area contributed by atoms with E-state index in [9.17, 15) is 4.79 Å². The Balaban J connectivity index is 2.69. The average Bonchev–Trinajstić information content (AvgIpc) is 2.33. The molecule has 130 valence electrons. The van der Waals surface area contributed by atoms with Gasteiger partial charge in [0.15, 0.2) is 0 Å². The van der Waals surface area contributed by atoms with Gasteiger partial charge in [0.05, 0.1) is 0 Å². The highest BCUT2D eigenvalue weighted by Gasteiger charge is 2.38. The van der Waals surface area contributed by atoms with Crippen molar-refractivity contribution in [2.75, 3.05) is 0 Å². The van der Waals surface area contributed by atoms with Gasteiger partial charge in [-0.2, -0.15) is 0 Å². The molecule has 0 bridgehead atoms. The van der Waals surface area contributed by atoms with Gasteiger partial charge in [-0.25, -0.2) is 4.79 Å². The predicted molar refractivity (Wildman–Crippen MR) is 97.3 cm³/mol. The number of carbonyl (C=O) groups is 1. The van der Waals surface area contributed by atoms with Crippen molar-refractivity contribution in [2.24, 2.45) is 0 Å². The van der Waals surface area contributed by atoms with E-state index in [-0.39, 0.29) is 5.04 Å². The maximum atomic E-state index is 11.7. The van der Waals surface area contributed by atoms with E-state index >= 15 is 0 Å². The van der Waals surface area contributed by atoms with E-state index in [1.165, 1.54) is 0 Å². The Morgan fingerprint density at radius 3 is 2.26 bits per heavy atom. The Kier molecular flexibility index (Phi) is 5.91. The molecule has 1 aromatic rings. The third-order valence-corrected chi connectivity index (χ3v) is 8.27. The molecule has 0 saturated carbocycles. The first-order valence-electron chi connectivity index (χ1n) is 8.05. The number of nitrogens with one attached hydrogen (secondary N) is 1. The molecule has 0 aliphatic heterocycles.